The Morgan fingerprint density at radius 2 is 0.842 bits per heavy atom. The average molecular weight is 727 g/mol. The molecule has 0 amide bonds. The van der Waals surface area contributed by atoms with Gasteiger partial charge >= 0.3 is 0 Å². The van der Waals surface area contributed by atoms with E-state index in [4.69, 9.17) is 9.97 Å². The largest absolute Gasteiger partial charge is 0.309 e. The van der Waals surface area contributed by atoms with Crippen molar-refractivity contribution in [3.05, 3.63) is 205 Å². The first-order chi connectivity index (χ1) is 28.3. The maximum atomic E-state index is 5.23. The van der Waals surface area contributed by atoms with Crippen molar-refractivity contribution in [2.24, 2.45) is 0 Å². The lowest BCUT2D eigenvalue weighted by atomic mass is 10.0. The Balaban J connectivity index is 0.963. The van der Waals surface area contributed by atoms with Gasteiger partial charge in [0.15, 0.2) is 5.82 Å². The molecule has 0 spiro atoms. The molecule has 0 aliphatic heterocycles. The summed E-state index contributed by atoms with van der Waals surface area (Å²) >= 11 is 0. The summed E-state index contributed by atoms with van der Waals surface area (Å²) in [6.45, 7) is 0. The van der Waals surface area contributed by atoms with Gasteiger partial charge in [0.2, 0.25) is 0 Å². The number of hydrogen-bond donors (Lipinski definition) is 0. The van der Waals surface area contributed by atoms with Crippen LogP contribution in [0.3, 0.4) is 0 Å². The quantitative estimate of drug-likeness (QED) is 0.177. The summed E-state index contributed by atoms with van der Waals surface area (Å²) in [4.78, 5) is 10.4. The Bertz CT molecular complexity index is 3360. The van der Waals surface area contributed by atoms with Crippen LogP contribution in [0.15, 0.2) is 194 Å². The standard InChI is InChI=1S/C53H34N4/c1-3-13-34(14-4-1)51-46-33-38-15-7-8-18-41(38)52(46)55-53(54-51)35-23-27-40(28-24-35)57-48-22-12-10-20-43(48)45-32-37(26-30-50(45)57)36-25-29-49-44(31-36)42-19-9-11-21-47(42)56(49)39-16-5-2-6-17-39/h1-32H,33H2. The molecule has 0 unspecified atom stereocenters. The van der Waals surface area contributed by atoms with E-state index in [0.717, 1.165) is 40.4 Å². The molecule has 4 heteroatoms. The molecular formula is C53H34N4. The normalized spacial score (nSPS) is 12.1. The van der Waals surface area contributed by atoms with Crippen LogP contribution in [0.25, 0.3) is 100 Å². The smallest absolute Gasteiger partial charge is 0.160 e. The van der Waals surface area contributed by atoms with Crippen molar-refractivity contribution in [3.63, 3.8) is 0 Å². The zero-order valence-corrected chi connectivity index (χ0v) is 31.0. The lowest BCUT2D eigenvalue weighted by molar-refractivity contribution is 1.13. The minimum atomic E-state index is 0.742. The third-order valence-corrected chi connectivity index (χ3v) is 11.8. The van der Waals surface area contributed by atoms with E-state index in [1.54, 1.807) is 0 Å². The molecule has 8 aromatic carbocycles. The number of fused-ring (bicyclic) bond motifs is 9. The number of aromatic nitrogens is 4. The zero-order chi connectivity index (χ0) is 37.5. The van der Waals surface area contributed by atoms with Crippen molar-refractivity contribution in [2.75, 3.05) is 0 Å². The summed E-state index contributed by atoms with van der Waals surface area (Å²) in [5.41, 5.74) is 17.3. The van der Waals surface area contributed by atoms with E-state index in [1.165, 1.54) is 77.1 Å². The third-order valence-electron chi connectivity index (χ3n) is 11.8. The first kappa shape index (κ1) is 31.8. The van der Waals surface area contributed by atoms with E-state index in [-0.39, 0.29) is 0 Å². The second-order valence-corrected chi connectivity index (χ2v) is 15.0. The topological polar surface area (TPSA) is 35.6 Å². The van der Waals surface area contributed by atoms with Gasteiger partial charge in [-0.1, -0.05) is 121 Å². The van der Waals surface area contributed by atoms with Crippen LogP contribution in [0.1, 0.15) is 11.1 Å². The van der Waals surface area contributed by atoms with Crippen LogP contribution < -0.4 is 0 Å². The highest BCUT2D eigenvalue weighted by molar-refractivity contribution is 6.12. The van der Waals surface area contributed by atoms with Crippen LogP contribution in [0.4, 0.5) is 0 Å². The highest BCUT2D eigenvalue weighted by atomic mass is 15.0. The lowest BCUT2D eigenvalue weighted by Gasteiger charge is -2.12. The van der Waals surface area contributed by atoms with Crippen molar-refractivity contribution in [2.45, 2.75) is 6.42 Å². The molecule has 0 atom stereocenters. The van der Waals surface area contributed by atoms with Crippen LogP contribution in [0.5, 0.6) is 0 Å². The van der Waals surface area contributed by atoms with Gasteiger partial charge in [-0.25, -0.2) is 9.97 Å². The monoisotopic (exact) mass is 726 g/mol. The number of rotatable bonds is 5. The van der Waals surface area contributed by atoms with E-state index in [9.17, 15) is 0 Å². The van der Waals surface area contributed by atoms with Gasteiger partial charge < -0.3 is 9.13 Å². The van der Waals surface area contributed by atoms with E-state index < -0.39 is 0 Å². The molecule has 0 saturated heterocycles. The van der Waals surface area contributed by atoms with Crippen molar-refractivity contribution >= 4 is 43.6 Å². The van der Waals surface area contributed by atoms with Crippen molar-refractivity contribution in [1.82, 2.24) is 19.1 Å². The van der Waals surface area contributed by atoms with E-state index >= 15 is 0 Å². The van der Waals surface area contributed by atoms with Gasteiger partial charge in [-0.05, 0) is 89.5 Å². The number of para-hydroxylation sites is 3. The molecule has 12 rings (SSSR count). The zero-order valence-electron chi connectivity index (χ0n) is 31.0. The Morgan fingerprint density at radius 3 is 1.49 bits per heavy atom. The predicted molar refractivity (Wildman–Crippen MR) is 235 cm³/mol. The highest BCUT2D eigenvalue weighted by Crippen LogP contribution is 2.42. The van der Waals surface area contributed by atoms with E-state index in [1.807, 2.05) is 0 Å². The van der Waals surface area contributed by atoms with Gasteiger partial charge in [0.25, 0.3) is 0 Å². The summed E-state index contributed by atoms with van der Waals surface area (Å²) in [5.74, 6) is 0.742. The van der Waals surface area contributed by atoms with Crippen LogP contribution in [-0.4, -0.2) is 19.1 Å². The molecule has 0 saturated carbocycles. The van der Waals surface area contributed by atoms with Crippen molar-refractivity contribution in [1.29, 1.82) is 0 Å². The fourth-order valence-electron chi connectivity index (χ4n) is 9.13. The van der Waals surface area contributed by atoms with Crippen molar-refractivity contribution in [3.8, 4) is 56.4 Å². The maximum absolute atomic E-state index is 5.23. The minimum Gasteiger partial charge on any atom is -0.309 e. The molecule has 3 heterocycles. The second kappa shape index (κ2) is 12.5. The molecule has 57 heavy (non-hydrogen) atoms. The van der Waals surface area contributed by atoms with Gasteiger partial charge in [-0.3, -0.25) is 0 Å². The number of hydrogen-bond acceptors (Lipinski definition) is 2. The lowest BCUT2D eigenvalue weighted by Crippen LogP contribution is -2.00. The minimum absolute atomic E-state index is 0.742. The summed E-state index contributed by atoms with van der Waals surface area (Å²) in [5, 5.41) is 4.97. The van der Waals surface area contributed by atoms with Crippen LogP contribution in [0.2, 0.25) is 0 Å². The molecule has 4 nitrogen and oxygen atoms in total. The molecule has 0 radical (unpaired) electrons. The molecule has 266 valence electrons. The molecule has 11 aromatic rings. The first-order valence-corrected chi connectivity index (χ1v) is 19.5. The number of nitrogens with zero attached hydrogens (tertiary/aromatic N) is 4. The molecular weight excluding hydrogens is 693 g/mol. The maximum Gasteiger partial charge on any atom is 0.160 e. The third kappa shape index (κ3) is 4.94. The van der Waals surface area contributed by atoms with Crippen LogP contribution >= 0.6 is 0 Å². The fraction of sp³-hybridized carbons (Fsp3) is 0.0189. The molecule has 3 aromatic heterocycles. The summed E-state index contributed by atoms with van der Waals surface area (Å²) in [6, 6.07) is 69.8. The molecule has 0 bridgehead atoms. The molecule has 1 aliphatic carbocycles. The Kier molecular flexibility index (Phi) is 6.96. The summed E-state index contributed by atoms with van der Waals surface area (Å²) < 4.78 is 4.75. The van der Waals surface area contributed by atoms with Crippen LogP contribution in [0, 0.1) is 0 Å². The molecule has 0 fully saturated rings. The Labute approximate surface area is 329 Å². The highest BCUT2D eigenvalue weighted by Gasteiger charge is 2.26. The van der Waals surface area contributed by atoms with Crippen LogP contribution in [-0.2, 0) is 6.42 Å². The van der Waals surface area contributed by atoms with E-state index in [2.05, 4.69) is 203 Å². The van der Waals surface area contributed by atoms with Crippen molar-refractivity contribution < 1.29 is 0 Å². The Morgan fingerprint density at radius 1 is 0.351 bits per heavy atom. The summed E-state index contributed by atoms with van der Waals surface area (Å²) in [7, 11) is 0. The Hall–Kier alpha value is -7.56. The van der Waals surface area contributed by atoms with Gasteiger partial charge in [0.05, 0.1) is 33.5 Å². The first-order valence-electron chi connectivity index (χ1n) is 19.5. The van der Waals surface area contributed by atoms with Gasteiger partial charge in [-0.15, -0.1) is 0 Å². The summed E-state index contributed by atoms with van der Waals surface area (Å²) in [6.07, 6.45) is 0.845. The second-order valence-electron chi connectivity index (χ2n) is 15.0. The average Bonchev–Trinajstić information content (AvgIpc) is 3.94. The van der Waals surface area contributed by atoms with Gasteiger partial charge in [0.1, 0.15) is 0 Å². The molecule has 0 N–H and O–H groups in total. The SMILES string of the molecule is c1ccc(-c2nc(-c3ccc(-n4c5ccccc5c5cc(-c6ccc7c(c6)c6ccccc6n7-c6ccccc6)ccc54)cc3)nc3c2Cc2ccccc2-3)cc1. The van der Waals surface area contributed by atoms with Gasteiger partial charge in [-0.2, -0.15) is 0 Å². The fourth-order valence-corrected chi connectivity index (χ4v) is 9.13. The number of benzene rings is 8. The van der Waals surface area contributed by atoms with Gasteiger partial charge in [0, 0.05) is 61.6 Å². The predicted octanol–water partition coefficient (Wildman–Crippen LogP) is 13.2. The van der Waals surface area contributed by atoms with E-state index in [0.29, 0.717) is 0 Å². The molecule has 1 aliphatic rings.